The second-order valence-corrected chi connectivity index (χ2v) is 6.72. The predicted molar refractivity (Wildman–Crippen MR) is 121 cm³/mol. The van der Waals surface area contributed by atoms with Gasteiger partial charge < -0.3 is 24.8 Å². The first kappa shape index (κ1) is 24.3. The van der Waals surface area contributed by atoms with E-state index in [2.05, 4.69) is 15.6 Å². The Hall–Kier alpha value is -0.770. The minimum atomic E-state index is -0.119. The van der Waals surface area contributed by atoms with Crippen LogP contribution < -0.4 is 15.4 Å². The highest BCUT2D eigenvalue weighted by molar-refractivity contribution is 14.0. The van der Waals surface area contributed by atoms with Crippen molar-refractivity contribution in [1.29, 1.82) is 0 Å². The fourth-order valence-corrected chi connectivity index (χ4v) is 3.43. The number of nitrogens with zero attached hydrogens (tertiary/aromatic N) is 1. The molecule has 0 aromatic heterocycles. The van der Waals surface area contributed by atoms with E-state index in [9.17, 15) is 0 Å². The molecule has 1 aliphatic rings. The number of halogens is 2. The number of hydrogen-bond acceptors (Lipinski definition) is 4. The van der Waals surface area contributed by atoms with Gasteiger partial charge in [-0.05, 0) is 38.0 Å². The summed E-state index contributed by atoms with van der Waals surface area (Å²) in [6, 6.07) is 5.81. The molecule has 0 spiro atoms. The number of benzene rings is 1. The van der Waals surface area contributed by atoms with E-state index in [-0.39, 0.29) is 29.4 Å². The van der Waals surface area contributed by atoms with Crippen LogP contribution in [0.15, 0.2) is 23.2 Å². The van der Waals surface area contributed by atoms with Crippen molar-refractivity contribution in [3.8, 4) is 5.75 Å². The van der Waals surface area contributed by atoms with Crippen LogP contribution in [0.4, 0.5) is 0 Å². The maximum Gasteiger partial charge on any atom is 0.191 e. The van der Waals surface area contributed by atoms with Crippen molar-refractivity contribution in [1.82, 2.24) is 10.6 Å². The lowest BCUT2D eigenvalue weighted by Gasteiger charge is -2.39. The molecule has 0 amide bonds. The van der Waals surface area contributed by atoms with Crippen LogP contribution in [0.25, 0.3) is 0 Å². The predicted octanol–water partition coefficient (Wildman–Crippen LogP) is 3.22. The van der Waals surface area contributed by atoms with Gasteiger partial charge in [0.2, 0.25) is 0 Å². The molecular formula is C19H31ClIN3O3. The summed E-state index contributed by atoms with van der Waals surface area (Å²) in [4.78, 5) is 4.31. The minimum absolute atomic E-state index is 0. The molecule has 2 N–H and O–H groups in total. The van der Waals surface area contributed by atoms with Gasteiger partial charge in [-0.1, -0.05) is 11.6 Å². The normalized spacial score (nSPS) is 16.4. The molecule has 2 rings (SSSR count). The third kappa shape index (κ3) is 6.96. The summed E-state index contributed by atoms with van der Waals surface area (Å²) in [6.45, 7) is 6.22. The molecule has 1 aliphatic heterocycles. The molecule has 154 valence electrons. The average Bonchev–Trinajstić information content (AvgIpc) is 2.68. The van der Waals surface area contributed by atoms with Gasteiger partial charge in [-0.15, -0.1) is 24.0 Å². The monoisotopic (exact) mass is 511 g/mol. The van der Waals surface area contributed by atoms with Crippen LogP contribution in [0, 0.1) is 0 Å². The maximum absolute atomic E-state index is 6.29. The molecule has 1 saturated heterocycles. The molecule has 0 saturated carbocycles. The van der Waals surface area contributed by atoms with Gasteiger partial charge in [-0.3, -0.25) is 4.99 Å². The first-order valence-corrected chi connectivity index (χ1v) is 9.47. The van der Waals surface area contributed by atoms with E-state index >= 15 is 0 Å². The van der Waals surface area contributed by atoms with Crippen molar-refractivity contribution in [2.45, 2.75) is 25.2 Å². The Morgan fingerprint density at radius 2 is 2.04 bits per heavy atom. The summed E-state index contributed by atoms with van der Waals surface area (Å²) >= 11 is 6.29. The fourth-order valence-electron chi connectivity index (χ4n) is 3.26. The van der Waals surface area contributed by atoms with Gasteiger partial charge in [0.1, 0.15) is 5.75 Å². The Morgan fingerprint density at radius 3 is 2.67 bits per heavy atom. The Bertz CT molecular complexity index is 596. The summed E-state index contributed by atoms with van der Waals surface area (Å²) in [7, 11) is 3.47. The number of ether oxygens (including phenoxy) is 3. The van der Waals surface area contributed by atoms with Gasteiger partial charge in [-0.25, -0.2) is 0 Å². The van der Waals surface area contributed by atoms with Gasteiger partial charge in [-0.2, -0.15) is 0 Å². The second kappa shape index (κ2) is 12.6. The molecule has 27 heavy (non-hydrogen) atoms. The highest BCUT2D eigenvalue weighted by atomic mass is 127. The topological polar surface area (TPSA) is 64.1 Å². The van der Waals surface area contributed by atoms with Crippen LogP contribution >= 0.6 is 35.6 Å². The molecule has 0 bridgehead atoms. The molecule has 0 radical (unpaired) electrons. The van der Waals surface area contributed by atoms with Crippen LogP contribution in [0.3, 0.4) is 0 Å². The quantitative estimate of drug-likeness (QED) is 0.243. The molecule has 1 aromatic carbocycles. The first-order valence-electron chi connectivity index (χ1n) is 9.09. The first-order chi connectivity index (χ1) is 12.6. The van der Waals surface area contributed by atoms with Crippen molar-refractivity contribution in [3.05, 3.63) is 28.8 Å². The number of rotatable bonds is 8. The zero-order valence-corrected chi connectivity index (χ0v) is 19.4. The van der Waals surface area contributed by atoms with Gasteiger partial charge in [0.05, 0.1) is 13.7 Å². The number of aliphatic imine (C=N–C) groups is 1. The molecular weight excluding hydrogens is 481 g/mol. The Labute approximate surface area is 184 Å². The van der Waals surface area contributed by atoms with E-state index in [4.69, 9.17) is 25.8 Å². The average molecular weight is 512 g/mol. The van der Waals surface area contributed by atoms with E-state index in [1.54, 1.807) is 14.2 Å². The van der Waals surface area contributed by atoms with Crippen molar-refractivity contribution in [2.24, 2.45) is 4.99 Å². The molecule has 6 nitrogen and oxygen atoms in total. The third-order valence-corrected chi connectivity index (χ3v) is 4.98. The molecule has 1 aromatic rings. The van der Waals surface area contributed by atoms with Crippen LogP contribution in [0.1, 0.15) is 25.3 Å². The van der Waals surface area contributed by atoms with Crippen molar-refractivity contribution in [3.63, 3.8) is 0 Å². The zero-order valence-electron chi connectivity index (χ0n) is 16.3. The standard InChI is InChI=1S/C19H30ClN3O3.HI/c1-4-25-12-9-22-18(21-2)23-14-19(7-10-26-11-8-19)16-13-15(20)5-6-17(16)24-3;/h5-6,13H,4,7-12,14H2,1-3H3,(H2,21,22,23);1H. The summed E-state index contributed by atoms with van der Waals surface area (Å²) in [5.41, 5.74) is 1.000. The fraction of sp³-hybridized carbons (Fsp3) is 0.632. The van der Waals surface area contributed by atoms with E-state index in [0.717, 1.165) is 36.7 Å². The summed E-state index contributed by atoms with van der Waals surface area (Å²) in [5.74, 6) is 1.62. The summed E-state index contributed by atoms with van der Waals surface area (Å²) in [6.07, 6.45) is 1.79. The SMILES string of the molecule is CCOCCNC(=NC)NCC1(c2cc(Cl)ccc2OC)CCOCC1.I. The number of hydrogen-bond donors (Lipinski definition) is 2. The zero-order chi connectivity index (χ0) is 18.8. The minimum Gasteiger partial charge on any atom is -0.496 e. The maximum atomic E-state index is 6.29. The molecule has 8 heteroatoms. The van der Waals surface area contributed by atoms with Gasteiger partial charge in [0.25, 0.3) is 0 Å². The Balaban J connectivity index is 0.00000364. The van der Waals surface area contributed by atoms with Crippen molar-refractivity contribution >= 4 is 41.5 Å². The van der Waals surface area contributed by atoms with Crippen molar-refractivity contribution < 1.29 is 14.2 Å². The molecule has 1 heterocycles. The van der Waals surface area contributed by atoms with Crippen LogP contribution in [0.5, 0.6) is 5.75 Å². The van der Waals surface area contributed by atoms with E-state index < -0.39 is 0 Å². The number of nitrogens with one attached hydrogen (secondary N) is 2. The van der Waals surface area contributed by atoms with Crippen molar-refractivity contribution in [2.75, 3.05) is 53.7 Å². The largest absolute Gasteiger partial charge is 0.496 e. The smallest absolute Gasteiger partial charge is 0.191 e. The molecule has 1 fully saturated rings. The van der Waals surface area contributed by atoms with Crippen LogP contribution in [-0.2, 0) is 14.9 Å². The summed E-state index contributed by atoms with van der Waals surface area (Å²) in [5, 5.41) is 7.45. The van der Waals surface area contributed by atoms with Gasteiger partial charge in [0, 0.05) is 56.0 Å². The van der Waals surface area contributed by atoms with Crippen LogP contribution in [0.2, 0.25) is 5.02 Å². The number of guanidine groups is 1. The highest BCUT2D eigenvalue weighted by Crippen LogP contribution is 2.40. The van der Waals surface area contributed by atoms with E-state index in [1.165, 1.54) is 0 Å². The van der Waals surface area contributed by atoms with E-state index in [1.807, 2.05) is 25.1 Å². The van der Waals surface area contributed by atoms with Gasteiger partial charge in [0.15, 0.2) is 5.96 Å². The third-order valence-electron chi connectivity index (χ3n) is 4.74. The Morgan fingerprint density at radius 1 is 1.30 bits per heavy atom. The lowest BCUT2D eigenvalue weighted by atomic mass is 9.73. The highest BCUT2D eigenvalue weighted by Gasteiger charge is 2.37. The van der Waals surface area contributed by atoms with Gasteiger partial charge >= 0.3 is 0 Å². The number of methoxy groups -OCH3 is 1. The summed E-state index contributed by atoms with van der Waals surface area (Å²) < 4.78 is 16.6. The van der Waals surface area contributed by atoms with E-state index in [0.29, 0.717) is 38.0 Å². The lowest BCUT2D eigenvalue weighted by molar-refractivity contribution is 0.0505. The molecule has 0 aliphatic carbocycles. The van der Waals surface area contributed by atoms with Crippen LogP contribution in [-0.4, -0.2) is 59.6 Å². The molecule has 0 atom stereocenters. The lowest BCUT2D eigenvalue weighted by Crippen LogP contribution is -2.48. The molecule has 0 unspecified atom stereocenters. The second-order valence-electron chi connectivity index (χ2n) is 6.29. The Kier molecular flexibility index (Phi) is 11.4.